The molecule has 5 aliphatic rings. The fraction of sp³-hybridized carbons (Fsp3) is 0.592. The minimum Gasteiger partial charge on any atom is -0.491 e. The smallest absolute Gasteiger partial charge is 0.251 e. The Bertz CT molecular complexity index is 1990. The van der Waals surface area contributed by atoms with E-state index in [0.717, 1.165) is 47.5 Å². The van der Waals surface area contributed by atoms with Crippen LogP contribution in [-0.2, 0) is 27.3 Å². The van der Waals surface area contributed by atoms with Crippen molar-refractivity contribution < 1.29 is 34.1 Å². The molecule has 9 atom stereocenters. The topological polar surface area (TPSA) is 139 Å². The molecule has 0 aromatic heterocycles. The first-order valence-electron chi connectivity index (χ1n) is 22.6. The van der Waals surface area contributed by atoms with Crippen molar-refractivity contribution in [2.24, 2.45) is 29.1 Å². The van der Waals surface area contributed by atoms with E-state index in [0.29, 0.717) is 68.4 Å². The van der Waals surface area contributed by atoms with Gasteiger partial charge in [0.05, 0.1) is 31.8 Å². The van der Waals surface area contributed by atoms with E-state index in [1.807, 2.05) is 81.6 Å². The highest BCUT2D eigenvalue weighted by molar-refractivity contribution is 5.97. The molecule has 3 aromatic carbocycles. The lowest BCUT2D eigenvalue weighted by Gasteiger charge is -2.62. The molecule has 0 spiro atoms. The summed E-state index contributed by atoms with van der Waals surface area (Å²) in [7, 11) is 7.93. The number of carbonyl (C=O) groups excluding carboxylic acids is 2. The predicted molar refractivity (Wildman–Crippen MR) is 242 cm³/mol. The zero-order chi connectivity index (χ0) is 44.3. The fourth-order valence-electron chi connectivity index (χ4n) is 10.5. The van der Waals surface area contributed by atoms with Crippen LogP contribution in [0.25, 0.3) is 11.1 Å². The van der Waals surface area contributed by atoms with Crippen LogP contribution in [0.15, 0.2) is 66.7 Å². The van der Waals surface area contributed by atoms with Crippen LogP contribution < -0.4 is 20.3 Å². The van der Waals surface area contributed by atoms with Crippen LogP contribution in [0.4, 0.5) is 5.69 Å². The minimum atomic E-state index is -1.38. The number of aliphatic hydroxyl groups excluding tert-OH is 2. The van der Waals surface area contributed by atoms with Crippen molar-refractivity contribution in [2.45, 2.75) is 84.0 Å². The molecule has 338 valence electrons. The Kier molecular flexibility index (Phi) is 14.6. The molecule has 2 aliphatic heterocycles. The van der Waals surface area contributed by atoms with Crippen molar-refractivity contribution in [3.63, 3.8) is 0 Å². The first kappa shape index (κ1) is 45.9. The van der Waals surface area contributed by atoms with Gasteiger partial charge < -0.3 is 40.1 Å². The summed E-state index contributed by atoms with van der Waals surface area (Å²) in [6.45, 7) is 13.3. The molecule has 2 heterocycles. The van der Waals surface area contributed by atoms with E-state index in [2.05, 4.69) is 59.4 Å². The standard InChI is InChI=1S/C49H70N6O7/c1-31-41-27-37(49(41,3)4)28-42(31)51-47(58)44-43(32(2)56)48(59)62-55(44)29-34-15-12-16-40(45(34)61-22-19-54-17-20-60-21-18-54)35-24-36(26-39(25-35)53(7)8)46(57)50-38(30-52(5)6)23-33-13-10-9-11-14-33/h9-16,24-26,31-32,37-38,41-44,48,56,59H,17-23,27-30H2,1-8H3,(H,50,57)(H,51,58)/t31-,32-,37+,38-,41-,42-,43-,44-,48+/m0/s1. The second kappa shape index (κ2) is 19.8. The molecule has 13 nitrogen and oxygen atoms in total. The van der Waals surface area contributed by atoms with Crippen molar-refractivity contribution >= 4 is 17.5 Å². The van der Waals surface area contributed by atoms with Gasteiger partial charge in [0.2, 0.25) is 5.91 Å². The third-order valence-electron chi connectivity index (χ3n) is 14.2. The third kappa shape index (κ3) is 10.3. The van der Waals surface area contributed by atoms with Gasteiger partial charge in [-0.3, -0.25) is 19.3 Å². The number of likely N-dealkylation sites (N-methyl/N-ethyl adjacent to an activating group) is 1. The number of morpholine rings is 1. The fourth-order valence-corrected chi connectivity index (χ4v) is 10.5. The summed E-state index contributed by atoms with van der Waals surface area (Å²) in [5, 5.41) is 30.4. The zero-order valence-electron chi connectivity index (χ0n) is 38.0. The number of benzene rings is 3. The van der Waals surface area contributed by atoms with Gasteiger partial charge in [-0.25, -0.2) is 0 Å². The number of ether oxygens (including phenoxy) is 2. The largest absolute Gasteiger partial charge is 0.491 e. The van der Waals surface area contributed by atoms with E-state index in [9.17, 15) is 19.8 Å². The van der Waals surface area contributed by atoms with Crippen LogP contribution in [-0.4, -0.2) is 142 Å². The predicted octanol–water partition coefficient (Wildman–Crippen LogP) is 4.65. The van der Waals surface area contributed by atoms with Gasteiger partial charge in [0.15, 0.2) is 6.29 Å². The SMILES string of the molecule is C[C@@H]1[C@@H](NC(=O)[C@@H]2[C@H]([C@H](C)O)[C@H](O)ON2Cc2cccc(-c3cc(C(=O)N[C@@H](Cc4ccccc4)CN(C)C)cc(N(C)C)c3)c2OCCN2CCOCC2)C[C@H]2C[C@@H]1C2(C)C. The molecule has 13 heteroatoms. The van der Waals surface area contributed by atoms with E-state index in [-0.39, 0.29) is 35.9 Å². The Labute approximate surface area is 368 Å². The molecule has 5 fully saturated rings. The lowest BCUT2D eigenvalue weighted by molar-refractivity contribution is -0.231. The van der Waals surface area contributed by atoms with Gasteiger partial charge in [-0.1, -0.05) is 69.3 Å². The molecule has 4 N–H and O–H groups in total. The van der Waals surface area contributed by atoms with Gasteiger partial charge in [-0.2, -0.15) is 5.06 Å². The normalized spacial score (nSPS) is 27.0. The molecule has 2 amide bonds. The molecule has 2 saturated heterocycles. The van der Waals surface area contributed by atoms with Crippen LogP contribution in [0.2, 0.25) is 0 Å². The number of aliphatic hydroxyl groups is 2. The highest BCUT2D eigenvalue weighted by Crippen LogP contribution is 2.61. The van der Waals surface area contributed by atoms with E-state index >= 15 is 0 Å². The maximum Gasteiger partial charge on any atom is 0.251 e. The maximum absolute atomic E-state index is 14.4. The Morgan fingerprint density at radius 3 is 2.40 bits per heavy atom. The van der Waals surface area contributed by atoms with Gasteiger partial charge in [0, 0.05) is 74.7 Å². The van der Waals surface area contributed by atoms with E-state index in [1.54, 1.807) is 6.92 Å². The number of hydrogen-bond donors (Lipinski definition) is 4. The second-order valence-corrected chi connectivity index (χ2v) is 19.3. The number of amides is 2. The molecular weight excluding hydrogens is 785 g/mol. The molecule has 3 aliphatic carbocycles. The zero-order valence-corrected chi connectivity index (χ0v) is 38.0. The lowest BCUT2D eigenvalue weighted by Crippen LogP contribution is -2.62. The maximum atomic E-state index is 14.4. The molecule has 62 heavy (non-hydrogen) atoms. The van der Waals surface area contributed by atoms with Gasteiger partial charge >= 0.3 is 0 Å². The quantitative estimate of drug-likeness (QED) is 0.151. The molecule has 0 unspecified atom stereocenters. The van der Waals surface area contributed by atoms with Gasteiger partial charge in [-0.15, -0.1) is 0 Å². The van der Waals surface area contributed by atoms with Crippen LogP contribution >= 0.6 is 0 Å². The van der Waals surface area contributed by atoms with Crippen molar-refractivity contribution in [1.82, 2.24) is 25.5 Å². The van der Waals surface area contributed by atoms with Crippen LogP contribution in [0, 0.1) is 29.1 Å². The van der Waals surface area contributed by atoms with Crippen molar-refractivity contribution in [3.8, 4) is 16.9 Å². The van der Waals surface area contributed by atoms with Crippen molar-refractivity contribution in [2.75, 3.05) is 79.1 Å². The molecule has 2 bridgehead atoms. The van der Waals surface area contributed by atoms with Crippen LogP contribution in [0.5, 0.6) is 5.75 Å². The molecule has 3 aromatic rings. The number of rotatable bonds is 17. The van der Waals surface area contributed by atoms with E-state index in [1.165, 1.54) is 11.5 Å². The summed E-state index contributed by atoms with van der Waals surface area (Å²) >= 11 is 0. The number of anilines is 1. The van der Waals surface area contributed by atoms with Crippen LogP contribution in [0.1, 0.15) is 62.0 Å². The average Bonchev–Trinajstić information content (AvgIpc) is 3.57. The first-order chi connectivity index (χ1) is 29.6. The summed E-state index contributed by atoms with van der Waals surface area (Å²) in [6.07, 6.45) is 0.389. The highest BCUT2D eigenvalue weighted by Gasteiger charge is 2.57. The van der Waals surface area contributed by atoms with Gasteiger partial charge in [0.1, 0.15) is 18.4 Å². The van der Waals surface area contributed by atoms with Crippen molar-refractivity contribution in [3.05, 3.63) is 83.4 Å². The average molecular weight is 855 g/mol. The Morgan fingerprint density at radius 1 is 1.00 bits per heavy atom. The summed E-state index contributed by atoms with van der Waals surface area (Å²) in [4.78, 5) is 41.1. The number of fused-ring (bicyclic) bond motifs is 2. The van der Waals surface area contributed by atoms with Gasteiger partial charge in [-0.05, 0) is 92.8 Å². The molecule has 8 rings (SSSR count). The number of nitrogens with zero attached hydrogens (tertiary/aromatic N) is 4. The first-order valence-corrected chi connectivity index (χ1v) is 22.6. The van der Waals surface area contributed by atoms with Crippen LogP contribution in [0.3, 0.4) is 0 Å². The number of nitrogens with one attached hydrogen (secondary N) is 2. The monoisotopic (exact) mass is 855 g/mol. The number of para-hydroxylation sites is 1. The second-order valence-electron chi connectivity index (χ2n) is 19.3. The summed E-state index contributed by atoms with van der Waals surface area (Å²) < 4.78 is 12.4. The molecule has 0 radical (unpaired) electrons. The summed E-state index contributed by atoms with van der Waals surface area (Å²) in [5.74, 6) is 0.683. The van der Waals surface area contributed by atoms with E-state index in [4.69, 9.17) is 14.3 Å². The lowest BCUT2D eigenvalue weighted by atomic mass is 9.45. The van der Waals surface area contributed by atoms with Crippen molar-refractivity contribution in [1.29, 1.82) is 0 Å². The highest BCUT2D eigenvalue weighted by atomic mass is 16.8. The Morgan fingerprint density at radius 2 is 1.74 bits per heavy atom. The number of carbonyl (C=O) groups is 2. The Hall–Kier alpha value is -4.08. The van der Waals surface area contributed by atoms with Gasteiger partial charge in [0.25, 0.3) is 5.91 Å². The minimum absolute atomic E-state index is 0.00259. The summed E-state index contributed by atoms with van der Waals surface area (Å²) in [6, 6.07) is 20.9. The number of hydrogen-bond acceptors (Lipinski definition) is 11. The third-order valence-corrected chi connectivity index (χ3v) is 14.2. The number of hydroxylamine groups is 2. The molecular formula is C49H70N6O7. The molecule has 3 saturated carbocycles. The Balaban J connectivity index is 1.20. The summed E-state index contributed by atoms with van der Waals surface area (Å²) in [5.41, 5.74) is 5.10. The van der Waals surface area contributed by atoms with E-state index < -0.39 is 24.4 Å².